The number of nitrogens with two attached hydrogens (primary N) is 1. The van der Waals surface area contributed by atoms with Gasteiger partial charge in [-0.05, 0) is 49.9 Å². The lowest BCUT2D eigenvalue weighted by atomic mass is 9.95. The fraction of sp³-hybridized carbons (Fsp3) is 0.571. The van der Waals surface area contributed by atoms with Gasteiger partial charge in [-0.1, -0.05) is 0 Å². The number of ether oxygens (including phenoxy) is 1. The van der Waals surface area contributed by atoms with Crippen molar-refractivity contribution in [3.05, 3.63) is 24.0 Å². The lowest BCUT2D eigenvalue weighted by Gasteiger charge is -2.22. The third kappa shape index (κ3) is 4.52. The second-order valence-corrected chi connectivity index (χ2v) is 4.95. The van der Waals surface area contributed by atoms with Crippen molar-refractivity contribution in [1.29, 1.82) is 0 Å². The van der Waals surface area contributed by atoms with Crippen molar-refractivity contribution in [1.82, 2.24) is 10.3 Å². The standard InChI is InChI=1S/C14H21N3O2/c15-13-10-17-7-3-12(13)9-14(18)19-8-4-11-1-5-16-6-2-11/h3,7,10-11,16H,1-2,4-6,8-9,15H2. The molecule has 5 heteroatoms. The summed E-state index contributed by atoms with van der Waals surface area (Å²) in [6.07, 6.45) is 6.72. The van der Waals surface area contributed by atoms with Gasteiger partial charge in [-0.3, -0.25) is 9.78 Å². The van der Waals surface area contributed by atoms with Gasteiger partial charge < -0.3 is 15.8 Å². The highest BCUT2D eigenvalue weighted by molar-refractivity contribution is 5.74. The Morgan fingerprint density at radius 2 is 2.26 bits per heavy atom. The Hall–Kier alpha value is -1.62. The first-order valence-electron chi connectivity index (χ1n) is 6.80. The molecule has 1 fully saturated rings. The Morgan fingerprint density at radius 1 is 1.47 bits per heavy atom. The molecule has 1 aromatic heterocycles. The van der Waals surface area contributed by atoms with Crippen molar-refractivity contribution in [3.8, 4) is 0 Å². The van der Waals surface area contributed by atoms with Crippen molar-refractivity contribution in [3.63, 3.8) is 0 Å². The van der Waals surface area contributed by atoms with Crippen molar-refractivity contribution in [2.45, 2.75) is 25.7 Å². The van der Waals surface area contributed by atoms with E-state index in [2.05, 4.69) is 10.3 Å². The highest BCUT2D eigenvalue weighted by Crippen LogP contribution is 2.16. The Balaban J connectivity index is 1.68. The van der Waals surface area contributed by atoms with Crippen LogP contribution >= 0.6 is 0 Å². The second-order valence-electron chi connectivity index (χ2n) is 4.95. The molecule has 1 aromatic rings. The fourth-order valence-corrected chi connectivity index (χ4v) is 2.31. The molecular weight excluding hydrogens is 242 g/mol. The predicted molar refractivity (Wildman–Crippen MR) is 73.5 cm³/mol. The molecule has 1 aliphatic heterocycles. The lowest BCUT2D eigenvalue weighted by Crippen LogP contribution is -2.28. The van der Waals surface area contributed by atoms with Gasteiger partial charge in [0.05, 0.1) is 24.9 Å². The molecule has 0 atom stereocenters. The summed E-state index contributed by atoms with van der Waals surface area (Å²) in [6.45, 7) is 2.66. The summed E-state index contributed by atoms with van der Waals surface area (Å²) in [4.78, 5) is 15.6. The molecule has 1 saturated heterocycles. The summed E-state index contributed by atoms with van der Waals surface area (Å²) >= 11 is 0. The van der Waals surface area contributed by atoms with Gasteiger partial charge in [0.25, 0.3) is 0 Å². The number of piperidine rings is 1. The average Bonchev–Trinajstić information content (AvgIpc) is 2.43. The van der Waals surface area contributed by atoms with E-state index in [1.807, 2.05) is 0 Å². The van der Waals surface area contributed by atoms with Crippen LogP contribution in [-0.2, 0) is 16.0 Å². The zero-order valence-electron chi connectivity index (χ0n) is 11.1. The van der Waals surface area contributed by atoms with E-state index in [1.165, 1.54) is 12.8 Å². The zero-order chi connectivity index (χ0) is 13.5. The Labute approximate surface area is 113 Å². The van der Waals surface area contributed by atoms with Gasteiger partial charge in [-0.15, -0.1) is 0 Å². The number of esters is 1. The average molecular weight is 263 g/mol. The molecule has 0 aliphatic carbocycles. The minimum Gasteiger partial charge on any atom is -0.465 e. The largest absolute Gasteiger partial charge is 0.465 e. The summed E-state index contributed by atoms with van der Waals surface area (Å²) in [5.41, 5.74) is 7.06. The molecule has 0 amide bonds. The van der Waals surface area contributed by atoms with Crippen LogP contribution in [-0.4, -0.2) is 30.6 Å². The number of nitrogen functional groups attached to an aromatic ring is 1. The van der Waals surface area contributed by atoms with Gasteiger partial charge in [0.1, 0.15) is 0 Å². The monoisotopic (exact) mass is 263 g/mol. The van der Waals surface area contributed by atoms with Crippen LogP contribution in [0.2, 0.25) is 0 Å². The van der Waals surface area contributed by atoms with Gasteiger partial charge in [0.2, 0.25) is 0 Å². The molecule has 1 aliphatic rings. The minimum absolute atomic E-state index is 0.216. The number of carbonyl (C=O) groups excluding carboxylic acids is 1. The summed E-state index contributed by atoms with van der Waals surface area (Å²) < 4.78 is 5.27. The van der Waals surface area contributed by atoms with Gasteiger partial charge in [0.15, 0.2) is 0 Å². The van der Waals surface area contributed by atoms with Gasteiger partial charge in [0, 0.05) is 6.20 Å². The number of carbonyl (C=O) groups is 1. The summed E-state index contributed by atoms with van der Waals surface area (Å²) in [7, 11) is 0. The Morgan fingerprint density at radius 3 is 3.00 bits per heavy atom. The molecule has 0 bridgehead atoms. The van der Waals surface area contributed by atoms with Gasteiger partial charge >= 0.3 is 5.97 Å². The van der Waals surface area contributed by atoms with Crippen molar-refractivity contribution < 1.29 is 9.53 Å². The van der Waals surface area contributed by atoms with Crippen molar-refractivity contribution in [2.75, 3.05) is 25.4 Å². The van der Waals surface area contributed by atoms with E-state index in [4.69, 9.17) is 10.5 Å². The summed E-state index contributed by atoms with van der Waals surface area (Å²) in [5, 5.41) is 3.33. The molecule has 0 saturated carbocycles. The maximum Gasteiger partial charge on any atom is 0.310 e. The number of pyridine rings is 1. The minimum atomic E-state index is -0.216. The first-order valence-corrected chi connectivity index (χ1v) is 6.80. The molecule has 0 aromatic carbocycles. The van der Waals surface area contributed by atoms with Crippen LogP contribution in [0.4, 0.5) is 5.69 Å². The molecule has 3 N–H and O–H groups in total. The Kier molecular flexibility index (Phi) is 5.15. The molecule has 0 unspecified atom stereocenters. The highest BCUT2D eigenvalue weighted by Gasteiger charge is 2.14. The van der Waals surface area contributed by atoms with Crippen LogP contribution in [0.1, 0.15) is 24.8 Å². The normalized spacial score (nSPS) is 16.2. The second kappa shape index (κ2) is 7.09. The highest BCUT2D eigenvalue weighted by atomic mass is 16.5. The van der Waals surface area contributed by atoms with Crippen LogP contribution in [0.25, 0.3) is 0 Å². The number of aromatic nitrogens is 1. The van der Waals surface area contributed by atoms with E-state index in [0.29, 0.717) is 18.2 Å². The Bertz CT molecular complexity index is 417. The summed E-state index contributed by atoms with van der Waals surface area (Å²) in [5.74, 6) is 0.465. The SMILES string of the molecule is Nc1cnccc1CC(=O)OCCC1CCNCC1. The third-order valence-electron chi connectivity index (χ3n) is 3.53. The third-order valence-corrected chi connectivity index (χ3v) is 3.53. The molecule has 19 heavy (non-hydrogen) atoms. The number of hydrogen-bond acceptors (Lipinski definition) is 5. The quantitative estimate of drug-likeness (QED) is 0.779. The van der Waals surface area contributed by atoms with Gasteiger partial charge in [-0.25, -0.2) is 0 Å². The lowest BCUT2D eigenvalue weighted by molar-refractivity contribution is -0.143. The smallest absolute Gasteiger partial charge is 0.310 e. The van der Waals surface area contributed by atoms with E-state index in [-0.39, 0.29) is 12.4 Å². The van der Waals surface area contributed by atoms with Crippen LogP contribution < -0.4 is 11.1 Å². The van der Waals surface area contributed by atoms with Crippen LogP contribution in [0.3, 0.4) is 0 Å². The molecule has 2 rings (SSSR count). The fourth-order valence-electron chi connectivity index (χ4n) is 2.31. The number of nitrogens with zero attached hydrogens (tertiary/aromatic N) is 1. The van der Waals surface area contributed by atoms with Crippen molar-refractivity contribution in [2.24, 2.45) is 5.92 Å². The van der Waals surface area contributed by atoms with E-state index in [1.54, 1.807) is 18.5 Å². The maximum absolute atomic E-state index is 11.7. The molecular formula is C14H21N3O2. The summed E-state index contributed by atoms with van der Waals surface area (Å²) in [6, 6.07) is 1.75. The number of anilines is 1. The van der Waals surface area contributed by atoms with Crippen LogP contribution in [0.15, 0.2) is 18.5 Å². The van der Waals surface area contributed by atoms with Crippen LogP contribution in [0.5, 0.6) is 0 Å². The molecule has 2 heterocycles. The van der Waals surface area contributed by atoms with Crippen molar-refractivity contribution >= 4 is 11.7 Å². The number of rotatable bonds is 5. The van der Waals surface area contributed by atoms with E-state index in [0.717, 1.165) is 25.1 Å². The number of nitrogens with one attached hydrogen (secondary N) is 1. The maximum atomic E-state index is 11.7. The van der Waals surface area contributed by atoms with E-state index >= 15 is 0 Å². The van der Waals surface area contributed by atoms with Gasteiger partial charge in [-0.2, -0.15) is 0 Å². The van der Waals surface area contributed by atoms with E-state index in [9.17, 15) is 4.79 Å². The zero-order valence-corrected chi connectivity index (χ0v) is 11.1. The molecule has 104 valence electrons. The van der Waals surface area contributed by atoms with Crippen LogP contribution in [0, 0.1) is 5.92 Å². The topological polar surface area (TPSA) is 77.2 Å². The molecule has 0 radical (unpaired) electrons. The van der Waals surface area contributed by atoms with E-state index < -0.39 is 0 Å². The molecule has 5 nitrogen and oxygen atoms in total. The predicted octanol–water partition coefficient (Wildman–Crippen LogP) is 1.14. The molecule has 0 spiro atoms. The first-order chi connectivity index (χ1) is 9.25. The first kappa shape index (κ1) is 13.8. The number of hydrogen-bond donors (Lipinski definition) is 2.